The Bertz CT molecular complexity index is 1510. The number of anilines is 1. The molecule has 1 aliphatic rings. The Morgan fingerprint density at radius 1 is 0.639 bits per heavy atom. The lowest BCUT2D eigenvalue weighted by Crippen LogP contribution is -2.29. The van der Waals surface area contributed by atoms with E-state index in [9.17, 15) is 19.7 Å². The van der Waals surface area contributed by atoms with E-state index in [4.69, 9.17) is 9.47 Å². The van der Waals surface area contributed by atoms with Gasteiger partial charge >= 0.3 is 0 Å². The third-order valence-corrected chi connectivity index (χ3v) is 5.95. The quantitative estimate of drug-likeness (QED) is 0.175. The summed E-state index contributed by atoms with van der Waals surface area (Å²) in [7, 11) is 0. The highest BCUT2D eigenvalue weighted by Gasteiger charge is 2.37. The monoisotopic (exact) mass is 480 g/mol. The van der Waals surface area contributed by atoms with E-state index >= 15 is 0 Å². The number of benzene rings is 4. The minimum absolute atomic E-state index is 0.0573. The first-order valence-corrected chi connectivity index (χ1v) is 11.1. The highest BCUT2D eigenvalue weighted by molar-refractivity contribution is 6.34. The summed E-state index contributed by atoms with van der Waals surface area (Å²) in [6.07, 6.45) is 0. The number of hydrogen-bond donors (Lipinski definition) is 0. The lowest BCUT2D eigenvalue weighted by molar-refractivity contribution is -0.384. The number of amides is 2. The second-order valence-electron chi connectivity index (χ2n) is 8.35. The molecule has 8 nitrogen and oxygen atoms in total. The molecule has 0 unspecified atom stereocenters. The average molecular weight is 480 g/mol. The fourth-order valence-electron chi connectivity index (χ4n) is 3.87. The van der Waals surface area contributed by atoms with Gasteiger partial charge in [0.25, 0.3) is 17.5 Å². The number of nitro benzene ring substituents is 1. The largest absolute Gasteiger partial charge is 0.457 e. The standard InChI is InChI=1S/C28H20N2O6/c1-17-3-8-23(15-18(17)2)35-21-9-4-19(5-10-21)29-27(31)25-14-13-24(16-26(25)28(29)32)36-22-11-6-20(7-12-22)30(33)34/h3-16H,1-2H3. The van der Waals surface area contributed by atoms with E-state index in [1.54, 1.807) is 30.3 Å². The number of fused-ring (bicyclic) bond motifs is 1. The maximum atomic E-state index is 13.1. The Morgan fingerprint density at radius 2 is 1.17 bits per heavy atom. The van der Waals surface area contributed by atoms with Crippen LogP contribution in [0.2, 0.25) is 0 Å². The van der Waals surface area contributed by atoms with Crippen molar-refractivity contribution in [3.05, 3.63) is 117 Å². The molecule has 0 atom stereocenters. The third-order valence-electron chi connectivity index (χ3n) is 5.95. The van der Waals surface area contributed by atoms with Crippen molar-refractivity contribution in [2.45, 2.75) is 13.8 Å². The highest BCUT2D eigenvalue weighted by atomic mass is 16.6. The molecule has 4 aromatic carbocycles. The first-order chi connectivity index (χ1) is 17.3. The maximum Gasteiger partial charge on any atom is 0.269 e. The van der Waals surface area contributed by atoms with Crippen molar-refractivity contribution in [2.24, 2.45) is 0 Å². The smallest absolute Gasteiger partial charge is 0.269 e. The summed E-state index contributed by atoms with van der Waals surface area (Å²) in [5, 5.41) is 10.8. The number of hydrogen-bond acceptors (Lipinski definition) is 6. The normalized spacial score (nSPS) is 12.4. The van der Waals surface area contributed by atoms with Gasteiger partial charge in [-0.3, -0.25) is 19.7 Å². The number of aryl methyl sites for hydroxylation is 2. The van der Waals surface area contributed by atoms with Gasteiger partial charge in [0.1, 0.15) is 23.0 Å². The molecule has 0 bridgehead atoms. The van der Waals surface area contributed by atoms with Crippen molar-refractivity contribution >= 4 is 23.2 Å². The molecule has 4 aromatic rings. The number of ether oxygens (including phenoxy) is 2. The summed E-state index contributed by atoms with van der Waals surface area (Å²) in [6, 6.07) is 22.7. The predicted octanol–water partition coefficient (Wildman–Crippen LogP) is 6.60. The van der Waals surface area contributed by atoms with Crippen LogP contribution in [-0.4, -0.2) is 16.7 Å². The van der Waals surface area contributed by atoms with Gasteiger partial charge in [-0.1, -0.05) is 6.07 Å². The van der Waals surface area contributed by atoms with Crippen molar-refractivity contribution < 1.29 is 24.0 Å². The maximum absolute atomic E-state index is 13.1. The molecule has 2 amide bonds. The number of carbonyl (C=O) groups is 2. The molecular weight excluding hydrogens is 460 g/mol. The Balaban J connectivity index is 1.33. The molecule has 5 rings (SSSR count). The number of rotatable bonds is 6. The van der Waals surface area contributed by atoms with E-state index in [1.165, 1.54) is 42.0 Å². The minimum atomic E-state index is -0.500. The molecule has 0 aromatic heterocycles. The van der Waals surface area contributed by atoms with Crippen LogP contribution in [0.25, 0.3) is 0 Å². The van der Waals surface area contributed by atoms with Crippen molar-refractivity contribution in [3.63, 3.8) is 0 Å². The summed E-state index contributed by atoms with van der Waals surface area (Å²) in [5.41, 5.74) is 3.14. The second kappa shape index (κ2) is 8.99. The summed E-state index contributed by atoms with van der Waals surface area (Å²) in [6.45, 7) is 4.04. The number of imide groups is 1. The zero-order chi connectivity index (χ0) is 25.4. The number of nitro groups is 1. The van der Waals surface area contributed by atoms with Gasteiger partial charge < -0.3 is 9.47 Å². The molecule has 36 heavy (non-hydrogen) atoms. The molecule has 0 aliphatic carbocycles. The fraction of sp³-hybridized carbons (Fsp3) is 0.0714. The van der Waals surface area contributed by atoms with Crippen LogP contribution in [0.1, 0.15) is 31.8 Å². The SMILES string of the molecule is Cc1ccc(Oc2ccc(N3C(=O)c4ccc(Oc5ccc([N+](=O)[O-])cc5)cc4C3=O)cc2)cc1C. The van der Waals surface area contributed by atoms with Crippen molar-refractivity contribution in [2.75, 3.05) is 4.90 Å². The summed E-state index contributed by atoms with van der Waals surface area (Å²) < 4.78 is 11.6. The molecule has 8 heteroatoms. The lowest BCUT2D eigenvalue weighted by atomic mass is 10.1. The lowest BCUT2D eigenvalue weighted by Gasteiger charge is -2.15. The first kappa shape index (κ1) is 22.8. The molecule has 1 heterocycles. The zero-order valence-electron chi connectivity index (χ0n) is 19.4. The van der Waals surface area contributed by atoms with Crippen LogP contribution < -0.4 is 14.4 Å². The summed E-state index contributed by atoms with van der Waals surface area (Å²) >= 11 is 0. The molecule has 0 fully saturated rings. The Morgan fingerprint density at radius 3 is 1.78 bits per heavy atom. The van der Waals surface area contributed by atoms with Crippen LogP contribution in [0.5, 0.6) is 23.0 Å². The van der Waals surface area contributed by atoms with Crippen LogP contribution in [-0.2, 0) is 0 Å². The zero-order valence-corrected chi connectivity index (χ0v) is 19.4. The van der Waals surface area contributed by atoms with Crippen LogP contribution in [0.15, 0.2) is 84.9 Å². The van der Waals surface area contributed by atoms with Crippen LogP contribution in [0, 0.1) is 24.0 Å². The van der Waals surface area contributed by atoms with Gasteiger partial charge in [-0.2, -0.15) is 0 Å². The molecule has 178 valence electrons. The van der Waals surface area contributed by atoms with E-state index in [1.807, 2.05) is 32.0 Å². The minimum Gasteiger partial charge on any atom is -0.457 e. The third kappa shape index (κ3) is 4.27. The Labute approximate surface area is 206 Å². The van der Waals surface area contributed by atoms with Gasteiger partial charge in [0.05, 0.1) is 21.7 Å². The first-order valence-electron chi connectivity index (χ1n) is 11.1. The van der Waals surface area contributed by atoms with Crippen molar-refractivity contribution in [3.8, 4) is 23.0 Å². The van der Waals surface area contributed by atoms with Gasteiger partial charge in [0.15, 0.2) is 0 Å². The molecule has 1 aliphatic heterocycles. The van der Waals surface area contributed by atoms with Crippen molar-refractivity contribution in [1.82, 2.24) is 0 Å². The fourth-order valence-corrected chi connectivity index (χ4v) is 3.87. The van der Waals surface area contributed by atoms with Gasteiger partial charge in [0, 0.05) is 12.1 Å². The summed E-state index contributed by atoms with van der Waals surface area (Å²) in [4.78, 5) is 37.5. The highest BCUT2D eigenvalue weighted by Crippen LogP contribution is 2.34. The van der Waals surface area contributed by atoms with Gasteiger partial charge in [-0.25, -0.2) is 4.90 Å². The number of nitrogens with zero attached hydrogens (tertiary/aromatic N) is 2. The van der Waals surface area contributed by atoms with Gasteiger partial charge in [0.2, 0.25) is 0 Å². The molecule has 0 saturated carbocycles. The topological polar surface area (TPSA) is 99.0 Å². The van der Waals surface area contributed by atoms with E-state index in [0.29, 0.717) is 28.7 Å². The van der Waals surface area contributed by atoms with Crippen LogP contribution >= 0.6 is 0 Å². The Hall–Kier alpha value is -4.98. The van der Waals surface area contributed by atoms with E-state index < -0.39 is 16.7 Å². The molecule has 0 N–H and O–H groups in total. The van der Waals surface area contributed by atoms with Crippen LogP contribution in [0.4, 0.5) is 11.4 Å². The molecule has 0 spiro atoms. The predicted molar refractivity (Wildman–Crippen MR) is 133 cm³/mol. The van der Waals surface area contributed by atoms with Crippen molar-refractivity contribution in [1.29, 1.82) is 0 Å². The number of non-ortho nitro benzene ring substituents is 1. The Kier molecular flexibility index (Phi) is 5.69. The van der Waals surface area contributed by atoms with E-state index in [-0.39, 0.29) is 16.8 Å². The molecule has 0 radical (unpaired) electrons. The van der Waals surface area contributed by atoms with Gasteiger partial charge in [-0.05, 0) is 91.7 Å². The molecule has 0 saturated heterocycles. The van der Waals surface area contributed by atoms with Gasteiger partial charge in [-0.15, -0.1) is 0 Å². The summed E-state index contributed by atoms with van der Waals surface area (Å²) in [5.74, 6) is 1.09. The van der Waals surface area contributed by atoms with Crippen LogP contribution in [0.3, 0.4) is 0 Å². The average Bonchev–Trinajstić information content (AvgIpc) is 3.11. The second-order valence-corrected chi connectivity index (χ2v) is 8.35. The van der Waals surface area contributed by atoms with E-state index in [0.717, 1.165) is 10.5 Å². The number of carbonyl (C=O) groups excluding carboxylic acids is 2. The van der Waals surface area contributed by atoms with E-state index in [2.05, 4.69) is 0 Å². The molecular formula is C28H20N2O6.